The van der Waals surface area contributed by atoms with Crippen LogP contribution in [-0.2, 0) is 4.79 Å². The summed E-state index contributed by atoms with van der Waals surface area (Å²) in [6.45, 7) is 4.39. The van der Waals surface area contributed by atoms with E-state index in [1.807, 2.05) is 60.7 Å². The summed E-state index contributed by atoms with van der Waals surface area (Å²) in [5.74, 6) is 0.243. The summed E-state index contributed by atoms with van der Waals surface area (Å²) in [4.78, 5) is 11.9. The highest BCUT2D eigenvalue weighted by molar-refractivity contribution is 14.1. The van der Waals surface area contributed by atoms with E-state index in [1.165, 1.54) is 6.21 Å². The molecule has 1 amide bonds. The molecule has 0 aliphatic carbocycles. The van der Waals surface area contributed by atoms with Crippen molar-refractivity contribution in [3.05, 3.63) is 51.1 Å². The van der Waals surface area contributed by atoms with Gasteiger partial charge in [-0.15, -0.1) is 0 Å². The summed E-state index contributed by atoms with van der Waals surface area (Å²) in [5.41, 5.74) is 5.17. The van der Waals surface area contributed by atoms with Crippen LogP contribution in [0, 0.1) is 10.5 Å². The third-order valence-corrected chi connectivity index (χ3v) is 4.16. The first-order chi connectivity index (χ1) is 12.0. The number of para-hydroxylation sites is 1. The molecule has 0 spiro atoms. The number of anilines is 1. The van der Waals surface area contributed by atoms with Crippen LogP contribution in [0.4, 0.5) is 5.69 Å². The van der Waals surface area contributed by atoms with E-state index < -0.39 is 0 Å². The van der Waals surface area contributed by atoms with Crippen molar-refractivity contribution in [1.29, 1.82) is 0 Å². The first-order valence-electron chi connectivity index (χ1n) is 7.78. The molecule has 6 nitrogen and oxygen atoms in total. The number of hydrogen-bond donors (Lipinski definition) is 3. The molecule has 3 N–H and O–H groups in total. The second kappa shape index (κ2) is 9.26. The third kappa shape index (κ3) is 5.63. The molecule has 0 bridgehead atoms. The van der Waals surface area contributed by atoms with Crippen molar-refractivity contribution in [3.63, 3.8) is 0 Å². The Morgan fingerprint density at radius 3 is 2.84 bits per heavy atom. The van der Waals surface area contributed by atoms with Crippen LogP contribution in [0.1, 0.15) is 18.1 Å². The van der Waals surface area contributed by atoms with E-state index >= 15 is 0 Å². The lowest BCUT2D eigenvalue weighted by Crippen LogP contribution is -2.26. The van der Waals surface area contributed by atoms with Gasteiger partial charge in [-0.3, -0.25) is 4.79 Å². The quantitative estimate of drug-likeness (QED) is 0.342. The van der Waals surface area contributed by atoms with Crippen LogP contribution >= 0.6 is 22.6 Å². The number of hydrogen-bond acceptors (Lipinski definition) is 5. The van der Waals surface area contributed by atoms with Crippen molar-refractivity contribution in [2.45, 2.75) is 13.8 Å². The van der Waals surface area contributed by atoms with Crippen molar-refractivity contribution in [2.75, 3.05) is 18.5 Å². The Balaban J connectivity index is 1.92. The molecule has 2 rings (SSSR count). The summed E-state index contributed by atoms with van der Waals surface area (Å²) >= 11 is 2.01. The molecule has 0 saturated heterocycles. The summed E-state index contributed by atoms with van der Waals surface area (Å²) in [6, 6.07) is 11.2. The maximum atomic E-state index is 11.9. The van der Waals surface area contributed by atoms with E-state index in [0.717, 1.165) is 16.8 Å². The number of aryl methyl sites for hydroxylation is 1. The first kappa shape index (κ1) is 19.0. The highest BCUT2D eigenvalue weighted by Gasteiger charge is 2.08. The molecule has 2 aromatic carbocycles. The summed E-state index contributed by atoms with van der Waals surface area (Å²) < 4.78 is 6.02. The fourth-order valence-corrected chi connectivity index (χ4v) is 2.72. The number of ether oxygens (including phenoxy) is 1. The molecule has 0 unspecified atom stereocenters. The van der Waals surface area contributed by atoms with Crippen LogP contribution in [0.15, 0.2) is 41.5 Å². The Bertz CT molecular complexity index is 778. The second-order valence-corrected chi connectivity index (χ2v) is 6.41. The van der Waals surface area contributed by atoms with Gasteiger partial charge in [-0.1, -0.05) is 18.2 Å². The average molecular weight is 453 g/mol. The molecule has 132 valence electrons. The van der Waals surface area contributed by atoms with Gasteiger partial charge in [0.05, 0.1) is 22.9 Å². The fraction of sp³-hybridized carbons (Fsp3) is 0.222. The van der Waals surface area contributed by atoms with E-state index in [1.54, 1.807) is 12.1 Å². The van der Waals surface area contributed by atoms with E-state index in [-0.39, 0.29) is 18.2 Å². The Labute approximate surface area is 160 Å². The van der Waals surface area contributed by atoms with Crippen molar-refractivity contribution < 1.29 is 14.6 Å². The van der Waals surface area contributed by atoms with Gasteiger partial charge in [0.2, 0.25) is 0 Å². The summed E-state index contributed by atoms with van der Waals surface area (Å²) in [6.07, 6.45) is 1.51. The number of amides is 1. The van der Waals surface area contributed by atoms with Crippen LogP contribution < -0.4 is 15.5 Å². The number of nitrogens with zero attached hydrogens (tertiary/aromatic N) is 1. The standard InChI is InChI=1S/C18H20IN3O3/c1-3-25-16-9-13(8-14(19)18(16)24)10-21-22-17(23)11-20-15-7-5-4-6-12(15)2/h4-10,20,24H,3,11H2,1-2H3,(H,22,23). The van der Waals surface area contributed by atoms with E-state index in [4.69, 9.17) is 4.74 Å². The van der Waals surface area contributed by atoms with Crippen LogP contribution in [0.25, 0.3) is 0 Å². The maximum Gasteiger partial charge on any atom is 0.259 e. The van der Waals surface area contributed by atoms with Crippen LogP contribution in [0.3, 0.4) is 0 Å². The SMILES string of the molecule is CCOc1cc(C=NNC(=O)CNc2ccccc2C)cc(I)c1O. The van der Waals surface area contributed by atoms with Crippen molar-refractivity contribution in [3.8, 4) is 11.5 Å². The molecule has 0 heterocycles. The van der Waals surface area contributed by atoms with Gasteiger partial charge >= 0.3 is 0 Å². The molecule has 0 saturated carbocycles. The predicted octanol–water partition coefficient (Wildman–Crippen LogP) is 3.27. The minimum absolute atomic E-state index is 0.103. The molecule has 0 aliphatic rings. The molecule has 0 fully saturated rings. The number of carbonyl (C=O) groups excluding carboxylic acids is 1. The highest BCUT2D eigenvalue weighted by atomic mass is 127. The third-order valence-electron chi connectivity index (χ3n) is 3.34. The Morgan fingerprint density at radius 2 is 2.12 bits per heavy atom. The lowest BCUT2D eigenvalue weighted by atomic mass is 10.2. The summed E-state index contributed by atoms with van der Waals surface area (Å²) in [7, 11) is 0. The largest absolute Gasteiger partial charge is 0.504 e. The lowest BCUT2D eigenvalue weighted by Gasteiger charge is -2.09. The molecular formula is C18H20IN3O3. The number of rotatable bonds is 7. The first-order valence-corrected chi connectivity index (χ1v) is 8.86. The Hall–Kier alpha value is -2.29. The van der Waals surface area contributed by atoms with Gasteiger partial charge in [-0.05, 0) is 65.8 Å². The molecule has 2 aromatic rings. The summed E-state index contributed by atoms with van der Waals surface area (Å²) in [5, 5.41) is 16.9. The van der Waals surface area contributed by atoms with Crippen molar-refractivity contribution in [1.82, 2.24) is 5.43 Å². The zero-order valence-corrected chi connectivity index (χ0v) is 16.2. The fourth-order valence-electron chi connectivity index (χ4n) is 2.10. The molecule has 7 heteroatoms. The monoisotopic (exact) mass is 453 g/mol. The smallest absolute Gasteiger partial charge is 0.259 e. The number of phenolic OH excluding ortho intramolecular Hbond substituents is 1. The molecule has 0 aliphatic heterocycles. The molecular weight excluding hydrogens is 433 g/mol. The lowest BCUT2D eigenvalue weighted by molar-refractivity contribution is -0.119. The molecule has 25 heavy (non-hydrogen) atoms. The van der Waals surface area contributed by atoms with Gasteiger partial charge in [0.1, 0.15) is 0 Å². The Kier molecular flexibility index (Phi) is 7.05. The minimum atomic E-state index is -0.252. The highest BCUT2D eigenvalue weighted by Crippen LogP contribution is 2.32. The average Bonchev–Trinajstić information content (AvgIpc) is 2.58. The van der Waals surface area contributed by atoms with Gasteiger partial charge in [0, 0.05) is 5.69 Å². The Morgan fingerprint density at radius 1 is 1.36 bits per heavy atom. The van der Waals surface area contributed by atoms with Gasteiger partial charge in [0.15, 0.2) is 11.5 Å². The van der Waals surface area contributed by atoms with Crippen LogP contribution in [0.5, 0.6) is 11.5 Å². The second-order valence-electron chi connectivity index (χ2n) is 5.24. The number of aromatic hydroxyl groups is 1. The molecule has 0 radical (unpaired) electrons. The predicted molar refractivity (Wildman–Crippen MR) is 107 cm³/mol. The normalized spacial score (nSPS) is 10.7. The topological polar surface area (TPSA) is 83.0 Å². The minimum Gasteiger partial charge on any atom is -0.504 e. The van der Waals surface area contributed by atoms with Crippen molar-refractivity contribution >= 4 is 40.4 Å². The number of halogens is 1. The van der Waals surface area contributed by atoms with Gasteiger partial charge in [-0.2, -0.15) is 5.10 Å². The van der Waals surface area contributed by atoms with Crippen LogP contribution in [0.2, 0.25) is 0 Å². The number of benzene rings is 2. The zero-order valence-electron chi connectivity index (χ0n) is 14.0. The van der Waals surface area contributed by atoms with E-state index in [2.05, 4.69) is 15.8 Å². The number of phenols is 1. The van der Waals surface area contributed by atoms with E-state index in [9.17, 15) is 9.90 Å². The van der Waals surface area contributed by atoms with Crippen LogP contribution in [-0.4, -0.2) is 30.4 Å². The van der Waals surface area contributed by atoms with Gasteiger partial charge in [-0.25, -0.2) is 5.43 Å². The number of hydrazone groups is 1. The van der Waals surface area contributed by atoms with Gasteiger partial charge < -0.3 is 15.2 Å². The molecule has 0 atom stereocenters. The zero-order chi connectivity index (χ0) is 18.2. The maximum absolute atomic E-state index is 11.9. The van der Waals surface area contributed by atoms with E-state index in [0.29, 0.717) is 15.9 Å². The van der Waals surface area contributed by atoms with Gasteiger partial charge in [0.25, 0.3) is 5.91 Å². The number of nitrogens with one attached hydrogen (secondary N) is 2. The molecule has 0 aromatic heterocycles. The number of carbonyl (C=O) groups is 1. The van der Waals surface area contributed by atoms with Crippen molar-refractivity contribution in [2.24, 2.45) is 5.10 Å².